The van der Waals surface area contributed by atoms with E-state index in [1.54, 1.807) is 0 Å². The monoisotopic (exact) mass is 156 g/mol. The number of allylic oxidation sites excluding steroid dienone is 1. The van der Waals surface area contributed by atoms with Crippen molar-refractivity contribution in [2.45, 2.75) is 25.3 Å². The number of rotatable bonds is 0. The third kappa shape index (κ3) is 1.04. The highest BCUT2D eigenvalue weighted by atomic mass is 32.2. The molecular formula is C7H12N2S. The number of nitrogens with one attached hydrogen (secondary N) is 1. The Bertz CT molecular complexity index is 176. The molecule has 1 unspecified atom stereocenters. The van der Waals surface area contributed by atoms with Crippen molar-refractivity contribution in [2.24, 2.45) is 5.73 Å². The first-order chi connectivity index (χ1) is 4.86. The van der Waals surface area contributed by atoms with Crippen LogP contribution in [0.2, 0.25) is 0 Å². The zero-order chi connectivity index (χ0) is 6.97. The van der Waals surface area contributed by atoms with E-state index in [9.17, 15) is 0 Å². The van der Waals surface area contributed by atoms with Gasteiger partial charge in [0.25, 0.3) is 0 Å². The van der Waals surface area contributed by atoms with Gasteiger partial charge in [-0.1, -0.05) is 0 Å². The summed E-state index contributed by atoms with van der Waals surface area (Å²) in [6, 6.07) is 0.422. The summed E-state index contributed by atoms with van der Waals surface area (Å²) in [6.07, 6.45) is 3.43. The molecule has 3 heteroatoms. The van der Waals surface area contributed by atoms with Crippen LogP contribution in [0, 0.1) is 0 Å². The van der Waals surface area contributed by atoms with Crippen LogP contribution in [0.5, 0.6) is 0 Å². The summed E-state index contributed by atoms with van der Waals surface area (Å²) < 4.78 is 0. The average Bonchev–Trinajstić information content (AvgIpc) is 2.33. The van der Waals surface area contributed by atoms with Gasteiger partial charge in [-0.25, -0.2) is 0 Å². The molecule has 3 N–H and O–H groups in total. The predicted octanol–water partition coefficient (Wildman–Crippen LogP) is 1.00. The van der Waals surface area contributed by atoms with Gasteiger partial charge in [-0.05, 0) is 19.3 Å². The summed E-state index contributed by atoms with van der Waals surface area (Å²) in [5.41, 5.74) is 7.28. The molecule has 0 aromatic carbocycles. The maximum Gasteiger partial charge on any atom is 0.0651 e. The van der Waals surface area contributed by atoms with Gasteiger partial charge in [0.15, 0.2) is 0 Å². The van der Waals surface area contributed by atoms with Gasteiger partial charge >= 0.3 is 0 Å². The molecule has 2 rings (SSSR count). The Kier molecular flexibility index (Phi) is 1.62. The first kappa shape index (κ1) is 6.55. The molecule has 10 heavy (non-hydrogen) atoms. The van der Waals surface area contributed by atoms with E-state index in [0.717, 1.165) is 18.7 Å². The molecule has 2 nitrogen and oxygen atoms in total. The van der Waals surface area contributed by atoms with Crippen molar-refractivity contribution in [1.29, 1.82) is 0 Å². The molecule has 1 aliphatic carbocycles. The van der Waals surface area contributed by atoms with Gasteiger partial charge in [0.05, 0.1) is 5.88 Å². The molecule has 0 aromatic rings. The van der Waals surface area contributed by atoms with Gasteiger partial charge in [-0.3, -0.25) is 0 Å². The fourth-order valence-corrected chi connectivity index (χ4v) is 2.58. The summed E-state index contributed by atoms with van der Waals surface area (Å²) in [7, 11) is 0. The number of hydrogen-bond acceptors (Lipinski definition) is 3. The van der Waals surface area contributed by atoms with E-state index in [1.165, 1.54) is 17.0 Å². The third-order valence-electron chi connectivity index (χ3n) is 2.08. The van der Waals surface area contributed by atoms with Gasteiger partial charge in [-0.2, -0.15) is 0 Å². The van der Waals surface area contributed by atoms with Crippen LogP contribution in [-0.4, -0.2) is 11.9 Å². The Hall–Kier alpha value is -0.150. The van der Waals surface area contributed by atoms with Crippen molar-refractivity contribution in [3.05, 3.63) is 10.6 Å². The fourth-order valence-electron chi connectivity index (χ4n) is 1.48. The van der Waals surface area contributed by atoms with Gasteiger partial charge in [0.1, 0.15) is 0 Å². The minimum Gasteiger partial charge on any atom is -0.378 e. The van der Waals surface area contributed by atoms with E-state index in [0.29, 0.717) is 6.04 Å². The lowest BCUT2D eigenvalue weighted by atomic mass is 10.0. The molecule has 0 radical (unpaired) electrons. The molecule has 0 saturated carbocycles. The lowest BCUT2D eigenvalue weighted by Crippen LogP contribution is -2.24. The van der Waals surface area contributed by atoms with E-state index in [-0.39, 0.29) is 0 Å². The number of nitrogens with two attached hydrogens (primary N) is 1. The third-order valence-corrected chi connectivity index (χ3v) is 3.13. The van der Waals surface area contributed by atoms with Crippen molar-refractivity contribution < 1.29 is 0 Å². The highest BCUT2D eigenvalue weighted by Gasteiger charge is 2.21. The van der Waals surface area contributed by atoms with Gasteiger partial charge in [0, 0.05) is 16.6 Å². The molecule has 0 aromatic heterocycles. The van der Waals surface area contributed by atoms with Crippen molar-refractivity contribution in [3.63, 3.8) is 0 Å². The second-order valence-electron chi connectivity index (χ2n) is 2.87. The molecular weight excluding hydrogens is 144 g/mol. The van der Waals surface area contributed by atoms with Crippen molar-refractivity contribution in [2.75, 3.05) is 5.88 Å². The zero-order valence-electron chi connectivity index (χ0n) is 5.89. The SMILES string of the molecule is NC1CCC2=C(C1)SCN2. The van der Waals surface area contributed by atoms with Crippen LogP contribution in [0.3, 0.4) is 0 Å². The van der Waals surface area contributed by atoms with Crippen LogP contribution in [0.1, 0.15) is 19.3 Å². The van der Waals surface area contributed by atoms with Crippen LogP contribution in [0.25, 0.3) is 0 Å². The molecule has 1 aliphatic heterocycles. The van der Waals surface area contributed by atoms with Gasteiger partial charge in [0.2, 0.25) is 0 Å². The van der Waals surface area contributed by atoms with E-state index in [2.05, 4.69) is 5.32 Å². The summed E-state index contributed by atoms with van der Waals surface area (Å²) >= 11 is 1.92. The van der Waals surface area contributed by atoms with Gasteiger partial charge in [-0.15, -0.1) is 11.8 Å². The Labute approximate surface area is 65.2 Å². The summed E-state index contributed by atoms with van der Waals surface area (Å²) in [6.45, 7) is 0. The lowest BCUT2D eigenvalue weighted by molar-refractivity contribution is 0.571. The Balaban J connectivity index is 2.13. The lowest BCUT2D eigenvalue weighted by Gasteiger charge is -2.18. The minimum absolute atomic E-state index is 0.422. The summed E-state index contributed by atoms with van der Waals surface area (Å²) in [5, 5.41) is 3.37. The maximum absolute atomic E-state index is 5.82. The highest BCUT2D eigenvalue weighted by molar-refractivity contribution is 8.03. The first-order valence-electron chi connectivity index (χ1n) is 3.70. The predicted molar refractivity (Wildman–Crippen MR) is 44.4 cm³/mol. The smallest absolute Gasteiger partial charge is 0.0651 e. The molecule has 56 valence electrons. The average molecular weight is 156 g/mol. The second kappa shape index (κ2) is 2.47. The van der Waals surface area contributed by atoms with Crippen LogP contribution in [0.4, 0.5) is 0 Å². The molecule has 2 aliphatic rings. The second-order valence-corrected chi connectivity index (χ2v) is 3.94. The summed E-state index contributed by atoms with van der Waals surface area (Å²) in [4.78, 5) is 1.51. The van der Waals surface area contributed by atoms with Gasteiger partial charge < -0.3 is 11.1 Å². The molecule has 0 amide bonds. The van der Waals surface area contributed by atoms with Crippen LogP contribution in [0.15, 0.2) is 10.6 Å². The fraction of sp³-hybridized carbons (Fsp3) is 0.714. The maximum atomic E-state index is 5.82. The van der Waals surface area contributed by atoms with E-state index >= 15 is 0 Å². The van der Waals surface area contributed by atoms with Crippen molar-refractivity contribution >= 4 is 11.8 Å². The normalized spacial score (nSPS) is 31.9. The Morgan fingerprint density at radius 3 is 3.40 bits per heavy atom. The highest BCUT2D eigenvalue weighted by Crippen LogP contribution is 2.34. The molecule has 0 saturated heterocycles. The van der Waals surface area contributed by atoms with Crippen LogP contribution < -0.4 is 11.1 Å². The Morgan fingerprint density at radius 1 is 1.60 bits per heavy atom. The number of thioether (sulfide) groups is 1. The van der Waals surface area contributed by atoms with Crippen LogP contribution >= 0.6 is 11.8 Å². The molecule has 0 fully saturated rings. The topological polar surface area (TPSA) is 38.0 Å². The quantitative estimate of drug-likeness (QED) is 0.549. The first-order valence-corrected chi connectivity index (χ1v) is 4.69. The molecule has 1 heterocycles. The molecule has 0 spiro atoms. The Morgan fingerprint density at radius 2 is 2.50 bits per heavy atom. The standard InChI is InChI=1S/C7H12N2S/c8-5-1-2-6-7(3-5)10-4-9-6/h5,9H,1-4,8H2. The van der Waals surface area contributed by atoms with E-state index < -0.39 is 0 Å². The van der Waals surface area contributed by atoms with Crippen molar-refractivity contribution in [3.8, 4) is 0 Å². The number of hydrogen-bond donors (Lipinski definition) is 2. The summed E-state index contributed by atoms with van der Waals surface area (Å²) in [5.74, 6) is 1.07. The van der Waals surface area contributed by atoms with Crippen molar-refractivity contribution in [1.82, 2.24) is 5.32 Å². The largest absolute Gasteiger partial charge is 0.378 e. The molecule has 0 bridgehead atoms. The zero-order valence-corrected chi connectivity index (χ0v) is 6.71. The minimum atomic E-state index is 0.422. The van der Waals surface area contributed by atoms with E-state index in [4.69, 9.17) is 5.73 Å². The van der Waals surface area contributed by atoms with E-state index in [1.807, 2.05) is 11.8 Å². The van der Waals surface area contributed by atoms with Crippen LogP contribution in [-0.2, 0) is 0 Å². The molecule has 1 atom stereocenters.